The summed E-state index contributed by atoms with van der Waals surface area (Å²) in [6, 6.07) is 1.61. The Balaban J connectivity index is 4.55. The number of carbonyl (C=O) groups is 1. The van der Waals surface area contributed by atoms with Crippen LogP contribution in [-0.2, 0) is 14.3 Å². The van der Waals surface area contributed by atoms with E-state index in [1.165, 1.54) is 12.2 Å². The standard InChI is InChI=1S/C11H15NO4/c1-3-15-10(6-5-9(13)8-12)7-11(14)16-4-2/h5-7,9,13H,3-4H2,1-2H3/b6-5+,10-7+. The zero-order valence-electron chi connectivity index (χ0n) is 9.34. The topological polar surface area (TPSA) is 79.5 Å². The van der Waals surface area contributed by atoms with Crippen LogP contribution in [0, 0.1) is 11.3 Å². The number of carbonyl (C=O) groups excluding carboxylic acids is 1. The molecule has 0 rings (SSSR count). The minimum Gasteiger partial charge on any atom is -0.494 e. The minimum atomic E-state index is -1.22. The molecular weight excluding hydrogens is 210 g/mol. The van der Waals surface area contributed by atoms with Gasteiger partial charge in [0.05, 0.1) is 25.4 Å². The van der Waals surface area contributed by atoms with E-state index in [-0.39, 0.29) is 12.4 Å². The van der Waals surface area contributed by atoms with Crippen molar-refractivity contribution in [3.63, 3.8) is 0 Å². The van der Waals surface area contributed by atoms with E-state index in [1.807, 2.05) is 0 Å². The molecule has 0 aliphatic rings. The molecule has 0 aromatic rings. The van der Waals surface area contributed by atoms with Gasteiger partial charge in [-0.05, 0) is 26.0 Å². The van der Waals surface area contributed by atoms with Crippen LogP contribution in [-0.4, -0.2) is 30.4 Å². The van der Waals surface area contributed by atoms with Gasteiger partial charge in [-0.2, -0.15) is 5.26 Å². The molecule has 1 unspecified atom stereocenters. The number of nitriles is 1. The van der Waals surface area contributed by atoms with E-state index in [0.29, 0.717) is 6.61 Å². The zero-order valence-corrected chi connectivity index (χ0v) is 9.34. The van der Waals surface area contributed by atoms with E-state index in [1.54, 1.807) is 19.9 Å². The molecule has 0 fully saturated rings. The van der Waals surface area contributed by atoms with Gasteiger partial charge in [0.15, 0.2) is 6.10 Å². The van der Waals surface area contributed by atoms with Gasteiger partial charge in [0.1, 0.15) is 5.76 Å². The van der Waals surface area contributed by atoms with E-state index in [0.717, 1.165) is 6.08 Å². The van der Waals surface area contributed by atoms with Crippen LogP contribution in [0.4, 0.5) is 0 Å². The fraction of sp³-hybridized carbons (Fsp3) is 0.455. The second kappa shape index (κ2) is 8.50. The maximum atomic E-state index is 11.1. The van der Waals surface area contributed by atoms with Crippen LogP contribution in [0.15, 0.2) is 24.0 Å². The van der Waals surface area contributed by atoms with Crippen molar-refractivity contribution >= 4 is 5.97 Å². The Hall–Kier alpha value is -1.80. The summed E-state index contributed by atoms with van der Waals surface area (Å²) in [5.74, 6) is -0.280. The van der Waals surface area contributed by atoms with Gasteiger partial charge in [0.25, 0.3) is 0 Å². The Morgan fingerprint density at radius 2 is 2.06 bits per heavy atom. The van der Waals surface area contributed by atoms with Gasteiger partial charge >= 0.3 is 5.97 Å². The van der Waals surface area contributed by atoms with Gasteiger partial charge in [0, 0.05) is 0 Å². The number of aliphatic hydroxyl groups is 1. The summed E-state index contributed by atoms with van der Waals surface area (Å²) in [7, 11) is 0. The predicted molar refractivity (Wildman–Crippen MR) is 57.1 cm³/mol. The summed E-state index contributed by atoms with van der Waals surface area (Å²) in [5.41, 5.74) is 0. The monoisotopic (exact) mass is 225 g/mol. The van der Waals surface area contributed by atoms with Gasteiger partial charge in [-0.25, -0.2) is 4.79 Å². The summed E-state index contributed by atoms with van der Waals surface area (Å²) in [4.78, 5) is 11.1. The lowest BCUT2D eigenvalue weighted by Crippen LogP contribution is -2.03. The highest BCUT2D eigenvalue weighted by Crippen LogP contribution is 2.01. The van der Waals surface area contributed by atoms with Gasteiger partial charge in [0.2, 0.25) is 0 Å². The fourth-order valence-corrected chi connectivity index (χ4v) is 0.834. The lowest BCUT2D eigenvalue weighted by atomic mass is 10.3. The van der Waals surface area contributed by atoms with E-state index in [2.05, 4.69) is 0 Å². The molecule has 1 N–H and O–H groups in total. The smallest absolute Gasteiger partial charge is 0.334 e. The Morgan fingerprint density at radius 3 is 2.56 bits per heavy atom. The molecule has 5 nitrogen and oxygen atoms in total. The number of aliphatic hydroxyl groups excluding tert-OH is 1. The lowest BCUT2D eigenvalue weighted by molar-refractivity contribution is -0.137. The molecule has 0 saturated carbocycles. The number of esters is 1. The Kier molecular flexibility index (Phi) is 7.55. The van der Waals surface area contributed by atoms with Crippen LogP contribution in [0.1, 0.15) is 13.8 Å². The van der Waals surface area contributed by atoms with Gasteiger partial charge < -0.3 is 14.6 Å². The minimum absolute atomic E-state index is 0.246. The van der Waals surface area contributed by atoms with E-state index < -0.39 is 12.1 Å². The van der Waals surface area contributed by atoms with Crippen LogP contribution >= 0.6 is 0 Å². The number of hydrogen-bond donors (Lipinski definition) is 1. The van der Waals surface area contributed by atoms with Crippen LogP contribution in [0.25, 0.3) is 0 Å². The van der Waals surface area contributed by atoms with Crippen molar-refractivity contribution in [3.8, 4) is 6.07 Å². The lowest BCUT2D eigenvalue weighted by Gasteiger charge is -2.03. The maximum Gasteiger partial charge on any atom is 0.334 e. The highest BCUT2D eigenvalue weighted by molar-refractivity contribution is 5.82. The van der Waals surface area contributed by atoms with Crippen LogP contribution in [0.3, 0.4) is 0 Å². The first-order chi connectivity index (χ1) is 7.63. The van der Waals surface area contributed by atoms with Crippen molar-refractivity contribution in [1.29, 1.82) is 5.26 Å². The first kappa shape index (κ1) is 14.2. The van der Waals surface area contributed by atoms with E-state index >= 15 is 0 Å². The second-order valence-electron chi connectivity index (χ2n) is 2.66. The molecule has 0 spiro atoms. The number of rotatable bonds is 6. The average Bonchev–Trinajstić information content (AvgIpc) is 2.26. The molecular formula is C11H15NO4. The van der Waals surface area contributed by atoms with Gasteiger partial charge in [-0.1, -0.05) is 0 Å². The highest BCUT2D eigenvalue weighted by atomic mass is 16.5. The fourth-order valence-electron chi connectivity index (χ4n) is 0.834. The zero-order chi connectivity index (χ0) is 12.4. The number of allylic oxidation sites excluding steroid dienone is 1. The Bertz CT molecular complexity index is 314. The van der Waals surface area contributed by atoms with Crippen molar-refractivity contribution in [2.75, 3.05) is 13.2 Å². The maximum absolute atomic E-state index is 11.1. The normalized spacial score (nSPS) is 13.2. The Morgan fingerprint density at radius 1 is 1.44 bits per heavy atom. The number of hydrogen-bond acceptors (Lipinski definition) is 5. The third kappa shape index (κ3) is 6.62. The Labute approximate surface area is 94.6 Å². The summed E-state index contributed by atoms with van der Waals surface area (Å²) in [6.45, 7) is 4.10. The molecule has 0 amide bonds. The molecule has 0 aliphatic carbocycles. The summed E-state index contributed by atoms with van der Waals surface area (Å²) >= 11 is 0. The SMILES string of the molecule is CCOC(=O)/C=C(\C=C\C(O)C#N)OCC. The van der Waals surface area contributed by atoms with Crippen molar-refractivity contribution < 1.29 is 19.4 Å². The molecule has 0 radical (unpaired) electrons. The number of nitrogens with zero attached hydrogens (tertiary/aromatic N) is 1. The third-order valence-electron chi connectivity index (χ3n) is 1.43. The van der Waals surface area contributed by atoms with E-state index in [9.17, 15) is 4.79 Å². The molecule has 0 bridgehead atoms. The second-order valence-corrected chi connectivity index (χ2v) is 2.66. The van der Waals surface area contributed by atoms with Crippen molar-refractivity contribution in [2.24, 2.45) is 0 Å². The third-order valence-corrected chi connectivity index (χ3v) is 1.43. The summed E-state index contributed by atoms with van der Waals surface area (Å²) in [5, 5.41) is 17.3. The first-order valence-electron chi connectivity index (χ1n) is 4.91. The van der Waals surface area contributed by atoms with E-state index in [4.69, 9.17) is 19.8 Å². The van der Waals surface area contributed by atoms with Gasteiger partial charge in [-0.3, -0.25) is 0 Å². The molecule has 5 heteroatoms. The highest BCUT2D eigenvalue weighted by Gasteiger charge is 2.01. The van der Waals surface area contributed by atoms with Crippen LogP contribution in [0.2, 0.25) is 0 Å². The molecule has 88 valence electrons. The van der Waals surface area contributed by atoms with Crippen LogP contribution in [0.5, 0.6) is 0 Å². The van der Waals surface area contributed by atoms with Crippen molar-refractivity contribution in [3.05, 3.63) is 24.0 Å². The summed E-state index contributed by atoms with van der Waals surface area (Å²) in [6.07, 6.45) is 2.52. The first-order valence-corrected chi connectivity index (χ1v) is 4.91. The van der Waals surface area contributed by atoms with Crippen molar-refractivity contribution in [1.82, 2.24) is 0 Å². The predicted octanol–water partition coefficient (Wildman–Crippen LogP) is 0.911. The number of ether oxygens (including phenoxy) is 2. The molecule has 0 heterocycles. The average molecular weight is 225 g/mol. The largest absolute Gasteiger partial charge is 0.494 e. The molecule has 16 heavy (non-hydrogen) atoms. The molecule has 0 aromatic carbocycles. The molecule has 0 aliphatic heterocycles. The van der Waals surface area contributed by atoms with Crippen molar-refractivity contribution in [2.45, 2.75) is 20.0 Å². The summed E-state index contributed by atoms with van der Waals surface area (Å²) < 4.78 is 9.80. The van der Waals surface area contributed by atoms with Gasteiger partial charge in [-0.15, -0.1) is 0 Å². The van der Waals surface area contributed by atoms with Crippen LogP contribution < -0.4 is 0 Å². The molecule has 1 atom stereocenters. The molecule has 0 saturated heterocycles. The molecule has 0 aromatic heterocycles. The quantitative estimate of drug-likeness (QED) is 0.239.